The zero-order valence-corrected chi connectivity index (χ0v) is 11.7. The van der Waals surface area contributed by atoms with Crippen molar-refractivity contribution < 1.29 is 9.13 Å². The molecule has 0 radical (unpaired) electrons. The summed E-state index contributed by atoms with van der Waals surface area (Å²) in [7, 11) is 1.74. The van der Waals surface area contributed by atoms with E-state index in [1.807, 2.05) is 0 Å². The maximum Gasteiger partial charge on any atom is 0.127 e. The number of rotatable bonds is 4. The Balaban J connectivity index is 1.95. The van der Waals surface area contributed by atoms with Crippen molar-refractivity contribution in [2.75, 3.05) is 7.11 Å². The van der Waals surface area contributed by atoms with Crippen LogP contribution < -0.4 is 5.32 Å². The van der Waals surface area contributed by atoms with Gasteiger partial charge in [0.25, 0.3) is 0 Å². The summed E-state index contributed by atoms with van der Waals surface area (Å²) in [4.78, 5) is 0. The van der Waals surface area contributed by atoms with Crippen molar-refractivity contribution in [3.8, 4) is 0 Å². The Labute approximate surface area is 112 Å². The van der Waals surface area contributed by atoms with Crippen LogP contribution in [-0.2, 0) is 11.3 Å². The average molecular weight is 272 g/mol. The molecule has 2 rings (SSSR count). The molecule has 2 nitrogen and oxygen atoms in total. The highest BCUT2D eigenvalue weighted by Gasteiger charge is 2.48. The molecule has 2 unspecified atom stereocenters. The van der Waals surface area contributed by atoms with Gasteiger partial charge in [0.05, 0.1) is 6.10 Å². The lowest BCUT2D eigenvalue weighted by Gasteiger charge is -2.51. The molecule has 0 spiro atoms. The van der Waals surface area contributed by atoms with Crippen LogP contribution in [0.25, 0.3) is 0 Å². The molecule has 1 aliphatic rings. The van der Waals surface area contributed by atoms with Gasteiger partial charge >= 0.3 is 0 Å². The number of benzene rings is 1. The number of ether oxygens (including phenoxy) is 1. The van der Waals surface area contributed by atoms with E-state index in [2.05, 4.69) is 19.2 Å². The van der Waals surface area contributed by atoms with Gasteiger partial charge in [0.1, 0.15) is 5.82 Å². The van der Waals surface area contributed by atoms with E-state index in [0.29, 0.717) is 23.2 Å². The monoisotopic (exact) mass is 271 g/mol. The van der Waals surface area contributed by atoms with E-state index in [4.69, 9.17) is 16.3 Å². The van der Waals surface area contributed by atoms with Crippen molar-refractivity contribution in [1.82, 2.24) is 5.32 Å². The molecule has 1 saturated carbocycles. The first-order valence-electron chi connectivity index (χ1n) is 6.15. The van der Waals surface area contributed by atoms with Gasteiger partial charge in [-0.2, -0.15) is 0 Å². The van der Waals surface area contributed by atoms with Crippen molar-refractivity contribution in [3.63, 3.8) is 0 Å². The highest BCUT2D eigenvalue weighted by atomic mass is 35.5. The van der Waals surface area contributed by atoms with E-state index >= 15 is 0 Å². The van der Waals surface area contributed by atoms with Crippen LogP contribution >= 0.6 is 11.6 Å². The second-order valence-electron chi connectivity index (χ2n) is 5.45. The second kappa shape index (κ2) is 5.16. The lowest BCUT2D eigenvalue weighted by Crippen LogP contribution is -2.60. The molecule has 0 aliphatic heterocycles. The molecule has 0 saturated heterocycles. The van der Waals surface area contributed by atoms with Crippen LogP contribution in [0.1, 0.15) is 25.8 Å². The Kier molecular flexibility index (Phi) is 3.95. The summed E-state index contributed by atoms with van der Waals surface area (Å²) < 4.78 is 18.9. The molecule has 4 heteroatoms. The van der Waals surface area contributed by atoms with Crippen LogP contribution in [0.5, 0.6) is 0 Å². The minimum Gasteiger partial charge on any atom is -0.381 e. The highest BCUT2D eigenvalue weighted by Crippen LogP contribution is 2.42. The number of halogens is 2. The molecule has 1 aromatic carbocycles. The number of methoxy groups -OCH3 is 1. The quantitative estimate of drug-likeness (QED) is 0.906. The summed E-state index contributed by atoms with van der Waals surface area (Å²) in [5.41, 5.74) is 0.697. The Morgan fingerprint density at radius 2 is 2.22 bits per heavy atom. The third-order valence-corrected chi connectivity index (χ3v) is 4.24. The molecule has 0 heterocycles. The normalized spacial score (nSPS) is 25.8. The molecule has 18 heavy (non-hydrogen) atoms. The third kappa shape index (κ3) is 2.53. The molecular weight excluding hydrogens is 253 g/mol. The van der Waals surface area contributed by atoms with E-state index in [0.717, 1.165) is 6.42 Å². The summed E-state index contributed by atoms with van der Waals surface area (Å²) in [6.07, 6.45) is 1.24. The highest BCUT2D eigenvalue weighted by molar-refractivity contribution is 6.30. The van der Waals surface area contributed by atoms with E-state index in [1.54, 1.807) is 19.2 Å². The Bertz CT molecular complexity index is 436. The SMILES string of the molecule is COC1CC(NCc2cc(Cl)ccc2F)C1(C)C. The summed E-state index contributed by atoms with van der Waals surface area (Å²) >= 11 is 5.87. The van der Waals surface area contributed by atoms with Crippen molar-refractivity contribution >= 4 is 11.6 Å². The van der Waals surface area contributed by atoms with Gasteiger partial charge in [0.15, 0.2) is 0 Å². The lowest BCUT2D eigenvalue weighted by atomic mass is 9.64. The Morgan fingerprint density at radius 1 is 1.50 bits per heavy atom. The molecule has 0 aromatic heterocycles. The van der Waals surface area contributed by atoms with Gasteiger partial charge in [-0.15, -0.1) is 0 Å². The zero-order valence-electron chi connectivity index (χ0n) is 11.0. The van der Waals surface area contributed by atoms with Gasteiger partial charge in [-0.05, 0) is 24.6 Å². The fourth-order valence-electron chi connectivity index (χ4n) is 2.54. The maximum absolute atomic E-state index is 13.6. The molecule has 1 fully saturated rings. The van der Waals surface area contributed by atoms with E-state index in [1.165, 1.54) is 6.07 Å². The minimum absolute atomic E-state index is 0.0871. The predicted octanol–water partition coefficient (Wildman–Crippen LogP) is 3.38. The second-order valence-corrected chi connectivity index (χ2v) is 5.89. The summed E-state index contributed by atoms with van der Waals surface area (Å²) in [5, 5.41) is 3.94. The van der Waals surface area contributed by atoms with Gasteiger partial charge in [-0.1, -0.05) is 25.4 Å². The largest absolute Gasteiger partial charge is 0.381 e. The van der Waals surface area contributed by atoms with E-state index in [-0.39, 0.29) is 17.3 Å². The maximum atomic E-state index is 13.6. The summed E-state index contributed by atoms with van der Waals surface area (Å²) in [6, 6.07) is 4.99. The zero-order chi connectivity index (χ0) is 13.3. The van der Waals surface area contributed by atoms with Crippen molar-refractivity contribution in [1.29, 1.82) is 0 Å². The average Bonchev–Trinajstić information content (AvgIpc) is 2.32. The standard InChI is InChI=1S/C14H19ClFNO/c1-14(2)12(7-13(14)18-3)17-8-9-6-10(15)4-5-11(9)16/h4-6,12-13,17H,7-8H2,1-3H3. The van der Waals surface area contributed by atoms with Crippen molar-refractivity contribution in [2.24, 2.45) is 5.41 Å². The van der Waals surface area contributed by atoms with Crippen LogP contribution in [0, 0.1) is 11.2 Å². The van der Waals surface area contributed by atoms with E-state index in [9.17, 15) is 4.39 Å². The summed E-state index contributed by atoms with van der Waals surface area (Å²) in [5.74, 6) is -0.215. The topological polar surface area (TPSA) is 21.3 Å². The number of hydrogen-bond acceptors (Lipinski definition) is 2. The van der Waals surface area contributed by atoms with Crippen LogP contribution in [0.2, 0.25) is 5.02 Å². The first-order chi connectivity index (χ1) is 8.45. The van der Waals surface area contributed by atoms with Crippen molar-refractivity contribution in [2.45, 2.75) is 39.0 Å². The number of nitrogens with one attached hydrogen (secondary N) is 1. The Hall–Kier alpha value is -0.640. The van der Waals surface area contributed by atoms with Crippen LogP contribution in [0.3, 0.4) is 0 Å². The first-order valence-corrected chi connectivity index (χ1v) is 6.53. The molecule has 1 aromatic rings. The van der Waals surface area contributed by atoms with Gasteiger partial charge in [0, 0.05) is 35.7 Å². The fraction of sp³-hybridized carbons (Fsp3) is 0.571. The molecule has 0 bridgehead atoms. The molecule has 1 aliphatic carbocycles. The lowest BCUT2D eigenvalue weighted by molar-refractivity contribution is -0.0979. The molecule has 0 amide bonds. The first kappa shape index (κ1) is 13.8. The van der Waals surface area contributed by atoms with Crippen LogP contribution in [0.4, 0.5) is 4.39 Å². The predicted molar refractivity (Wildman–Crippen MR) is 71.2 cm³/mol. The third-order valence-electron chi connectivity index (χ3n) is 4.01. The molecule has 2 atom stereocenters. The fourth-order valence-corrected chi connectivity index (χ4v) is 2.74. The Morgan fingerprint density at radius 3 is 2.83 bits per heavy atom. The molecule has 100 valence electrons. The summed E-state index contributed by atoms with van der Waals surface area (Å²) in [6.45, 7) is 4.82. The van der Waals surface area contributed by atoms with Gasteiger partial charge < -0.3 is 10.1 Å². The molecule has 1 N–H and O–H groups in total. The van der Waals surface area contributed by atoms with Gasteiger partial charge in [0.2, 0.25) is 0 Å². The van der Waals surface area contributed by atoms with Crippen LogP contribution in [-0.4, -0.2) is 19.3 Å². The van der Waals surface area contributed by atoms with E-state index < -0.39 is 0 Å². The minimum atomic E-state index is -0.215. The van der Waals surface area contributed by atoms with Gasteiger partial charge in [-0.25, -0.2) is 4.39 Å². The number of hydrogen-bond donors (Lipinski definition) is 1. The van der Waals surface area contributed by atoms with Crippen molar-refractivity contribution in [3.05, 3.63) is 34.6 Å². The van der Waals surface area contributed by atoms with Crippen LogP contribution in [0.15, 0.2) is 18.2 Å². The van der Waals surface area contributed by atoms with Gasteiger partial charge in [-0.3, -0.25) is 0 Å². The molecular formula is C14H19ClFNO. The smallest absolute Gasteiger partial charge is 0.127 e.